The molecule has 0 aliphatic carbocycles. The number of hydrogen-bond donors (Lipinski definition) is 0. The van der Waals surface area contributed by atoms with Crippen molar-refractivity contribution in [2.45, 2.75) is 20.1 Å². The van der Waals surface area contributed by atoms with Crippen LogP contribution in [0.3, 0.4) is 0 Å². The highest BCUT2D eigenvalue weighted by molar-refractivity contribution is 7.11. The summed E-state index contributed by atoms with van der Waals surface area (Å²) in [7, 11) is 0. The van der Waals surface area contributed by atoms with Gasteiger partial charge in [0.25, 0.3) is 5.56 Å². The lowest BCUT2D eigenvalue weighted by molar-refractivity contribution is 0.126. The highest BCUT2D eigenvalue weighted by atomic mass is 32.1. The molecule has 1 aromatic carbocycles. The molecule has 0 atom stereocenters. The second kappa shape index (κ2) is 6.48. The molecule has 0 amide bonds. The lowest BCUT2D eigenvalue weighted by atomic mass is 10.2. The summed E-state index contributed by atoms with van der Waals surface area (Å²) in [5, 5.41) is 14.9. The van der Waals surface area contributed by atoms with E-state index in [1.54, 1.807) is 22.1 Å². The average Bonchev–Trinajstić information content (AvgIpc) is 3.29. The molecular weight excluding hydrogens is 338 g/mol. The van der Waals surface area contributed by atoms with E-state index < -0.39 is 0 Å². The van der Waals surface area contributed by atoms with Gasteiger partial charge >= 0.3 is 0 Å². The first-order valence-electron chi connectivity index (χ1n) is 7.84. The van der Waals surface area contributed by atoms with E-state index in [0.29, 0.717) is 23.5 Å². The van der Waals surface area contributed by atoms with Crippen LogP contribution in [-0.2, 0) is 18.0 Å². The first-order valence-corrected chi connectivity index (χ1v) is 8.72. The van der Waals surface area contributed by atoms with Gasteiger partial charge in [-0.2, -0.15) is 0 Å². The third-order valence-corrected chi connectivity index (χ3v) is 4.69. The van der Waals surface area contributed by atoms with Crippen molar-refractivity contribution in [3.63, 3.8) is 0 Å². The number of para-hydroxylation sites is 1. The number of hydrogen-bond acceptors (Lipinski definition) is 6. The largest absolute Gasteiger partial charge is 0.387 e. The summed E-state index contributed by atoms with van der Waals surface area (Å²) < 4.78 is 3.45. The Bertz CT molecular complexity index is 1110. The van der Waals surface area contributed by atoms with Crippen molar-refractivity contribution in [2.24, 2.45) is 5.16 Å². The Kier molecular flexibility index (Phi) is 4.02. The molecule has 3 aromatic heterocycles. The Hall–Kier alpha value is -3.00. The molecule has 0 N–H and O–H groups in total. The predicted molar refractivity (Wildman–Crippen MR) is 97.1 cm³/mol. The minimum absolute atomic E-state index is 0.0683. The molecule has 0 saturated heterocycles. The van der Waals surface area contributed by atoms with Crippen molar-refractivity contribution in [3.8, 4) is 0 Å². The van der Waals surface area contributed by atoms with Gasteiger partial charge in [0.2, 0.25) is 5.78 Å². The molecule has 0 radical (unpaired) electrons. The smallest absolute Gasteiger partial charge is 0.262 e. The Morgan fingerprint density at radius 1 is 1.24 bits per heavy atom. The molecule has 8 heteroatoms. The number of thiophene rings is 1. The Balaban J connectivity index is 1.75. The molecule has 0 aliphatic rings. The average molecular weight is 353 g/mol. The van der Waals surface area contributed by atoms with Gasteiger partial charge in [-0.25, -0.2) is 0 Å². The topological polar surface area (TPSA) is 73.8 Å². The number of nitrogens with zero attached hydrogens (tertiary/aromatic N) is 5. The van der Waals surface area contributed by atoms with Crippen LogP contribution in [0.2, 0.25) is 0 Å². The third kappa shape index (κ3) is 2.70. The van der Waals surface area contributed by atoms with Crippen molar-refractivity contribution in [2.75, 3.05) is 0 Å². The molecule has 0 unspecified atom stereocenters. The molecule has 0 bridgehead atoms. The molecule has 4 rings (SSSR count). The van der Waals surface area contributed by atoms with Crippen LogP contribution in [0.4, 0.5) is 0 Å². The molecule has 0 fully saturated rings. The molecule has 25 heavy (non-hydrogen) atoms. The molecule has 0 saturated carbocycles. The monoisotopic (exact) mass is 353 g/mol. The summed E-state index contributed by atoms with van der Waals surface area (Å²) in [6.45, 7) is 2.59. The van der Waals surface area contributed by atoms with Gasteiger partial charge in [0.15, 0.2) is 12.4 Å². The fraction of sp³-hybridized carbons (Fsp3) is 0.176. The van der Waals surface area contributed by atoms with Gasteiger partial charge in [-0.15, -0.1) is 21.5 Å². The lowest BCUT2D eigenvalue weighted by Crippen LogP contribution is -2.22. The highest BCUT2D eigenvalue weighted by Gasteiger charge is 2.15. The lowest BCUT2D eigenvalue weighted by Gasteiger charge is -2.09. The summed E-state index contributed by atoms with van der Waals surface area (Å²) in [5.74, 6) is 1.10. The van der Waals surface area contributed by atoms with Gasteiger partial charge in [-0.05, 0) is 30.5 Å². The standard InChI is InChI=1S/C17H15N5O2S/c1-2-21-16(23)13-7-3-4-8-14(13)22-15(19-20-17(21)22)11-24-18-10-12-6-5-9-25-12/h3-10H,2,11H2,1H3/b18-10+. The van der Waals surface area contributed by atoms with Crippen LogP contribution in [0.5, 0.6) is 0 Å². The molecule has 7 nitrogen and oxygen atoms in total. The van der Waals surface area contributed by atoms with Crippen molar-refractivity contribution in [3.05, 3.63) is 62.8 Å². The quantitative estimate of drug-likeness (QED) is 0.408. The molecule has 0 spiro atoms. The predicted octanol–water partition coefficient (Wildman–Crippen LogP) is 2.68. The van der Waals surface area contributed by atoms with Crippen LogP contribution in [0.1, 0.15) is 17.6 Å². The SMILES string of the molecule is CCn1c(=O)c2ccccc2n2c(CO/N=C/c3cccs3)nnc12. The highest BCUT2D eigenvalue weighted by Crippen LogP contribution is 2.15. The summed E-state index contributed by atoms with van der Waals surface area (Å²) in [4.78, 5) is 19.0. The Morgan fingerprint density at radius 2 is 2.12 bits per heavy atom. The number of aryl methyl sites for hydroxylation is 1. The first-order chi connectivity index (χ1) is 12.3. The van der Waals surface area contributed by atoms with E-state index in [4.69, 9.17) is 4.84 Å². The van der Waals surface area contributed by atoms with Gasteiger partial charge in [-0.1, -0.05) is 23.4 Å². The molecule has 4 aromatic rings. The second-order valence-corrected chi connectivity index (χ2v) is 6.32. The second-order valence-electron chi connectivity index (χ2n) is 5.34. The maximum atomic E-state index is 12.6. The third-order valence-electron chi connectivity index (χ3n) is 3.88. The van der Waals surface area contributed by atoms with E-state index in [0.717, 1.165) is 10.4 Å². The van der Waals surface area contributed by atoms with Crippen LogP contribution in [-0.4, -0.2) is 25.4 Å². The minimum atomic E-state index is -0.0683. The normalized spacial score (nSPS) is 11.7. The number of rotatable bonds is 5. The van der Waals surface area contributed by atoms with Crippen molar-refractivity contribution in [1.82, 2.24) is 19.2 Å². The maximum absolute atomic E-state index is 12.6. The summed E-state index contributed by atoms with van der Waals surface area (Å²) in [6.07, 6.45) is 1.66. The zero-order valence-corrected chi connectivity index (χ0v) is 14.3. The van der Waals surface area contributed by atoms with E-state index in [-0.39, 0.29) is 12.2 Å². The van der Waals surface area contributed by atoms with E-state index in [9.17, 15) is 4.79 Å². The Morgan fingerprint density at radius 3 is 2.92 bits per heavy atom. The van der Waals surface area contributed by atoms with Gasteiger partial charge in [0.1, 0.15) is 0 Å². The first kappa shape index (κ1) is 15.5. The number of aromatic nitrogens is 4. The molecule has 0 aliphatic heterocycles. The van der Waals surface area contributed by atoms with E-state index in [1.165, 1.54) is 0 Å². The van der Waals surface area contributed by atoms with Crippen molar-refractivity contribution in [1.29, 1.82) is 0 Å². The minimum Gasteiger partial charge on any atom is -0.387 e. The van der Waals surface area contributed by atoms with Gasteiger partial charge in [0, 0.05) is 11.4 Å². The Labute approximate surface area is 146 Å². The van der Waals surface area contributed by atoms with E-state index >= 15 is 0 Å². The van der Waals surface area contributed by atoms with Crippen molar-refractivity contribution >= 4 is 34.2 Å². The fourth-order valence-electron chi connectivity index (χ4n) is 2.74. The van der Waals surface area contributed by atoms with Gasteiger partial charge < -0.3 is 4.84 Å². The maximum Gasteiger partial charge on any atom is 0.262 e. The van der Waals surface area contributed by atoms with Gasteiger partial charge in [0.05, 0.1) is 17.1 Å². The molecule has 126 valence electrons. The number of oxime groups is 1. The molecular formula is C17H15N5O2S. The van der Waals surface area contributed by atoms with Crippen LogP contribution in [0.15, 0.2) is 51.7 Å². The van der Waals surface area contributed by atoms with Crippen LogP contribution in [0, 0.1) is 0 Å². The van der Waals surface area contributed by atoms with E-state index in [2.05, 4.69) is 15.4 Å². The zero-order chi connectivity index (χ0) is 17.2. The summed E-state index contributed by atoms with van der Waals surface area (Å²) >= 11 is 1.58. The van der Waals surface area contributed by atoms with Crippen molar-refractivity contribution < 1.29 is 4.84 Å². The van der Waals surface area contributed by atoms with Gasteiger partial charge in [-0.3, -0.25) is 13.8 Å². The van der Waals surface area contributed by atoms with Crippen LogP contribution < -0.4 is 5.56 Å². The van der Waals surface area contributed by atoms with Crippen LogP contribution >= 0.6 is 11.3 Å². The fourth-order valence-corrected chi connectivity index (χ4v) is 3.32. The number of benzene rings is 1. The summed E-state index contributed by atoms with van der Waals surface area (Å²) in [5.41, 5.74) is 0.694. The zero-order valence-electron chi connectivity index (χ0n) is 13.5. The molecule has 3 heterocycles. The number of fused-ring (bicyclic) bond motifs is 3. The van der Waals surface area contributed by atoms with E-state index in [1.807, 2.05) is 53.1 Å². The van der Waals surface area contributed by atoms with Crippen LogP contribution in [0.25, 0.3) is 16.7 Å². The summed E-state index contributed by atoms with van der Waals surface area (Å²) in [6, 6.07) is 11.3.